The van der Waals surface area contributed by atoms with Crippen molar-refractivity contribution in [3.63, 3.8) is 0 Å². The number of hydrogen-bond acceptors (Lipinski definition) is 7. The Hall–Kier alpha value is -2.52. The molecule has 0 unspecified atom stereocenters. The quantitative estimate of drug-likeness (QED) is 0.597. The number of thiazole rings is 1. The molecule has 8 nitrogen and oxygen atoms in total. The van der Waals surface area contributed by atoms with E-state index in [1.807, 2.05) is 31.2 Å². The van der Waals surface area contributed by atoms with Crippen molar-refractivity contribution in [2.75, 3.05) is 26.3 Å². The fourth-order valence-electron chi connectivity index (χ4n) is 1.95. The van der Waals surface area contributed by atoms with Crippen LogP contribution in [0.3, 0.4) is 0 Å². The van der Waals surface area contributed by atoms with Crippen LogP contribution in [0.1, 0.15) is 18.4 Å². The van der Waals surface area contributed by atoms with Gasteiger partial charge in [-0.1, -0.05) is 19.1 Å². The molecule has 0 spiro atoms. The third-order valence-corrected chi connectivity index (χ3v) is 4.18. The molecular weight excluding hydrogens is 358 g/mol. The Morgan fingerprint density at radius 3 is 2.69 bits per heavy atom. The van der Waals surface area contributed by atoms with E-state index in [1.54, 1.807) is 0 Å². The van der Waals surface area contributed by atoms with Gasteiger partial charge in [-0.3, -0.25) is 9.59 Å². The number of fused-ring (bicyclic) bond motifs is 1. The molecule has 2 N–H and O–H groups in total. The van der Waals surface area contributed by atoms with E-state index in [1.165, 1.54) is 11.3 Å². The van der Waals surface area contributed by atoms with Crippen molar-refractivity contribution >= 4 is 39.3 Å². The maximum Gasteiger partial charge on any atom is 0.332 e. The van der Waals surface area contributed by atoms with Crippen LogP contribution in [0.15, 0.2) is 24.3 Å². The molecule has 0 aliphatic heterocycles. The molecule has 2 rings (SSSR count). The van der Waals surface area contributed by atoms with Gasteiger partial charge in [-0.15, -0.1) is 11.3 Å². The van der Waals surface area contributed by atoms with Gasteiger partial charge in [0.1, 0.15) is 11.6 Å². The van der Waals surface area contributed by atoms with Crippen LogP contribution in [0.25, 0.3) is 10.2 Å². The van der Waals surface area contributed by atoms with Crippen molar-refractivity contribution in [3.8, 4) is 0 Å². The first-order valence-electron chi connectivity index (χ1n) is 8.19. The smallest absolute Gasteiger partial charge is 0.332 e. The van der Waals surface area contributed by atoms with Crippen LogP contribution in [-0.4, -0.2) is 49.1 Å². The zero-order valence-corrected chi connectivity index (χ0v) is 15.3. The number of esters is 1. The van der Waals surface area contributed by atoms with E-state index < -0.39 is 18.5 Å². The van der Waals surface area contributed by atoms with E-state index in [-0.39, 0.29) is 25.7 Å². The molecule has 0 radical (unpaired) electrons. The third-order valence-electron chi connectivity index (χ3n) is 3.17. The summed E-state index contributed by atoms with van der Waals surface area (Å²) < 4.78 is 11.1. The maximum atomic E-state index is 11.6. The summed E-state index contributed by atoms with van der Waals surface area (Å²) in [5, 5.41) is 5.74. The molecule has 140 valence electrons. The van der Waals surface area contributed by atoms with E-state index >= 15 is 0 Å². The molecule has 0 fully saturated rings. The van der Waals surface area contributed by atoms with Gasteiger partial charge in [-0.25, -0.2) is 9.78 Å². The highest BCUT2D eigenvalue weighted by Gasteiger charge is 2.10. The second-order valence-corrected chi connectivity index (χ2v) is 6.47. The van der Waals surface area contributed by atoms with Crippen LogP contribution in [0, 0.1) is 0 Å². The monoisotopic (exact) mass is 379 g/mol. The number of carbonyl (C=O) groups is 3. The van der Waals surface area contributed by atoms with Gasteiger partial charge < -0.3 is 20.1 Å². The van der Waals surface area contributed by atoms with Crippen LogP contribution in [0.4, 0.5) is 0 Å². The van der Waals surface area contributed by atoms with Gasteiger partial charge in [0, 0.05) is 6.54 Å². The van der Waals surface area contributed by atoms with Crippen molar-refractivity contribution in [2.24, 2.45) is 0 Å². The summed E-state index contributed by atoms with van der Waals surface area (Å²) in [5.41, 5.74) is 0.887. The van der Waals surface area contributed by atoms with Gasteiger partial charge >= 0.3 is 5.97 Å². The van der Waals surface area contributed by atoms with Crippen molar-refractivity contribution in [3.05, 3.63) is 29.3 Å². The number of para-hydroxylation sites is 1. The minimum absolute atomic E-state index is 0.148. The summed E-state index contributed by atoms with van der Waals surface area (Å²) in [5.74, 6) is -1.49. The number of nitrogens with zero attached hydrogens (tertiary/aromatic N) is 1. The first-order valence-corrected chi connectivity index (χ1v) is 9.01. The predicted octanol–water partition coefficient (Wildman–Crippen LogP) is 0.999. The Bertz CT molecular complexity index is 729. The number of nitrogens with one attached hydrogen (secondary N) is 2. The highest BCUT2D eigenvalue weighted by molar-refractivity contribution is 7.18. The summed E-state index contributed by atoms with van der Waals surface area (Å²) in [6.07, 6.45) is 0.814. The maximum absolute atomic E-state index is 11.6. The van der Waals surface area contributed by atoms with E-state index in [4.69, 9.17) is 9.47 Å². The number of rotatable bonds is 10. The summed E-state index contributed by atoms with van der Waals surface area (Å²) in [4.78, 5) is 38.8. The highest BCUT2D eigenvalue weighted by atomic mass is 32.1. The second kappa shape index (κ2) is 10.5. The second-order valence-electron chi connectivity index (χ2n) is 5.36. The van der Waals surface area contributed by atoms with Crippen molar-refractivity contribution in [1.29, 1.82) is 0 Å². The Balaban J connectivity index is 1.59. The molecule has 2 aromatic rings. The highest BCUT2D eigenvalue weighted by Crippen LogP contribution is 2.21. The minimum atomic E-state index is -0.656. The average molecular weight is 379 g/mol. The van der Waals surface area contributed by atoms with Crippen LogP contribution >= 0.6 is 11.3 Å². The first-order chi connectivity index (χ1) is 12.6. The van der Waals surface area contributed by atoms with Crippen LogP contribution in [-0.2, 0) is 30.5 Å². The van der Waals surface area contributed by atoms with Crippen LogP contribution in [0.5, 0.6) is 0 Å². The normalized spacial score (nSPS) is 10.5. The zero-order valence-electron chi connectivity index (χ0n) is 14.4. The molecule has 0 atom stereocenters. The average Bonchev–Trinajstić information content (AvgIpc) is 3.05. The Kier molecular flexibility index (Phi) is 7.97. The van der Waals surface area contributed by atoms with E-state index in [9.17, 15) is 14.4 Å². The van der Waals surface area contributed by atoms with E-state index in [0.717, 1.165) is 21.6 Å². The summed E-state index contributed by atoms with van der Waals surface area (Å²) in [6.45, 7) is 1.79. The molecule has 9 heteroatoms. The number of aromatic nitrogens is 1. The van der Waals surface area contributed by atoms with E-state index in [2.05, 4.69) is 15.6 Å². The lowest BCUT2D eigenvalue weighted by Crippen LogP contribution is -2.39. The van der Waals surface area contributed by atoms with E-state index in [0.29, 0.717) is 6.54 Å². The van der Waals surface area contributed by atoms with Crippen LogP contribution in [0.2, 0.25) is 0 Å². The van der Waals surface area contributed by atoms with Gasteiger partial charge in [0.25, 0.3) is 5.91 Å². The van der Waals surface area contributed by atoms with Gasteiger partial charge in [-0.05, 0) is 18.6 Å². The fourth-order valence-corrected chi connectivity index (χ4v) is 2.85. The first kappa shape index (κ1) is 19.8. The zero-order chi connectivity index (χ0) is 18.8. The number of amides is 2. The topological polar surface area (TPSA) is 107 Å². The minimum Gasteiger partial charge on any atom is -0.454 e. The number of benzene rings is 1. The predicted molar refractivity (Wildman–Crippen MR) is 96.5 cm³/mol. The van der Waals surface area contributed by atoms with Gasteiger partial charge in [-0.2, -0.15) is 0 Å². The fraction of sp³-hybridized carbons (Fsp3) is 0.412. The lowest BCUT2D eigenvalue weighted by molar-refractivity contribution is -0.153. The number of carbonyl (C=O) groups excluding carboxylic acids is 3. The van der Waals surface area contributed by atoms with Crippen LogP contribution < -0.4 is 10.6 Å². The van der Waals surface area contributed by atoms with Gasteiger partial charge in [0.15, 0.2) is 6.61 Å². The van der Waals surface area contributed by atoms with Gasteiger partial charge in [0.05, 0.1) is 23.4 Å². The van der Waals surface area contributed by atoms with Gasteiger partial charge in [0.2, 0.25) is 5.91 Å². The standard InChI is InChI=1S/C17H21N3O5S/c1-2-7-18-14(21)8-19-15(22)9-25-17(23)11-24-10-16-20-12-5-3-4-6-13(12)26-16/h3-6H,2,7-11H2,1H3,(H,18,21)(H,19,22). The van der Waals surface area contributed by atoms with Crippen molar-refractivity contribution in [2.45, 2.75) is 20.0 Å². The number of hydrogen-bond donors (Lipinski definition) is 2. The molecule has 26 heavy (non-hydrogen) atoms. The van der Waals surface area contributed by atoms with Crippen molar-refractivity contribution < 1.29 is 23.9 Å². The molecule has 0 saturated carbocycles. The molecule has 0 saturated heterocycles. The summed E-state index contributed by atoms with van der Waals surface area (Å²) >= 11 is 1.49. The summed E-state index contributed by atoms with van der Waals surface area (Å²) in [7, 11) is 0. The Labute approximate surface area is 154 Å². The molecule has 0 bridgehead atoms. The Morgan fingerprint density at radius 2 is 1.92 bits per heavy atom. The largest absolute Gasteiger partial charge is 0.454 e. The SMILES string of the molecule is CCCNC(=O)CNC(=O)COC(=O)COCc1nc2ccccc2s1. The van der Waals surface area contributed by atoms with Crippen molar-refractivity contribution in [1.82, 2.24) is 15.6 Å². The number of ether oxygens (including phenoxy) is 2. The molecule has 1 aromatic heterocycles. The Morgan fingerprint density at radius 1 is 1.12 bits per heavy atom. The summed E-state index contributed by atoms with van der Waals surface area (Å²) in [6, 6.07) is 7.71. The molecule has 1 aromatic carbocycles. The lowest BCUT2D eigenvalue weighted by Gasteiger charge is -2.07. The molecule has 2 amide bonds. The molecule has 0 aliphatic rings. The molecule has 1 heterocycles. The molecular formula is C17H21N3O5S. The lowest BCUT2D eigenvalue weighted by atomic mass is 10.3. The molecule has 0 aliphatic carbocycles. The third kappa shape index (κ3) is 6.77.